The molecule has 2 aliphatic carbocycles. The molecular formula is C16H19NO2. The van der Waals surface area contributed by atoms with Crippen LogP contribution in [0.15, 0.2) is 24.3 Å². The lowest BCUT2D eigenvalue weighted by molar-refractivity contribution is -0.126. The second kappa shape index (κ2) is 4.26. The van der Waals surface area contributed by atoms with E-state index >= 15 is 0 Å². The van der Waals surface area contributed by atoms with Crippen molar-refractivity contribution < 1.29 is 9.53 Å². The summed E-state index contributed by atoms with van der Waals surface area (Å²) in [5.74, 6) is 3.16. The van der Waals surface area contributed by atoms with Gasteiger partial charge in [0, 0.05) is 17.9 Å². The van der Waals surface area contributed by atoms with Gasteiger partial charge in [-0.25, -0.2) is 0 Å². The number of nitrogens with one attached hydrogen (secondary N) is 1. The first kappa shape index (κ1) is 11.3. The molecule has 1 aromatic carbocycles. The Hall–Kier alpha value is -1.51. The van der Waals surface area contributed by atoms with E-state index in [0.717, 1.165) is 42.4 Å². The number of carbonyl (C=O) groups is 1. The molecule has 3 heteroatoms. The van der Waals surface area contributed by atoms with Crippen LogP contribution in [0.5, 0.6) is 5.75 Å². The molecule has 1 N–H and O–H groups in total. The maximum Gasteiger partial charge on any atom is 0.223 e. The molecule has 4 rings (SSSR count). The predicted octanol–water partition coefficient (Wildman–Crippen LogP) is 2.67. The molecule has 1 aromatic rings. The number of benzene rings is 1. The first-order chi connectivity index (χ1) is 9.31. The van der Waals surface area contributed by atoms with Crippen LogP contribution in [0, 0.1) is 17.8 Å². The Balaban J connectivity index is 1.47. The fraction of sp³-hybridized carbons (Fsp3) is 0.562. The Morgan fingerprint density at radius 3 is 2.79 bits per heavy atom. The third kappa shape index (κ3) is 2.01. The SMILES string of the molecule is O=C(NC1CCOc2ccccc21)C1CC2CC2C1. The monoisotopic (exact) mass is 257 g/mol. The van der Waals surface area contributed by atoms with Crippen molar-refractivity contribution in [3.05, 3.63) is 29.8 Å². The Kier molecular flexibility index (Phi) is 2.54. The number of ether oxygens (including phenoxy) is 1. The van der Waals surface area contributed by atoms with E-state index in [1.54, 1.807) is 0 Å². The molecule has 1 aliphatic heterocycles. The molecule has 0 aromatic heterocycles. The first-order valence-corrected chi connectivity index (χ1v) is 7.33. The van der Waals surface area contributed by atoms with Gasteiger partial charge < -0.3 is 10.1 Å². The summed E-state index contributed by atoms with van der Waals surface area (Å²) in [6, 6.07) is 8.17. The molecule has 19 heavy (non-hydrogen) atoms. The van der Waals surface area contributed by atoms with Gasteiger partial charge in [-0.05, 0) is 37.2 Å². The van der Waals surface area contributed by atoms with E-state index in [1.807, 2.05) is 18.2 Å². The van der Waals surface area contributed by atoms with Crippen molar-refractivity contribution in [1.82, 2.24) is 5.32 Å². The third-order valence-electron chi connectivity index (χ3n) is 4.89. The van der Waals surface area contributed by atoms with E-state index in [2.05, 4.69) is 11.4 Å². The Labute approximate surface area is 113 Å². The molecule has 3 nitrogen and oxygen atoms in total. The summed E-state index contributed by atoms with van der Waals surface area (Å²) >= 11 is 0. The number of hydrogen-bond acceptors (Lipinski definition) is 2. The second-order valence-corrected chi connectivity index (χ2v) is 6.16. The van der Waals surface area contributed by atoms with Crippen LogP contribution < -0.4 is 10.1 Å². The van der Waals surface area contributed by atoms with Gasteiger partial charge in [0.25, 0.3) is 0 Å². The fourth-order valence-corrected chi connectivity index (χ4v) is 3.71. The smallest absolute Gasteiger partial charge is 0.223 e. The minimum absolute atomic E-state index is 0.134. The van der Waals surface area contributed by atoms with Crippen molar-refractivity contribution in [2.75, 3.05) is 6.61 Å². The van der Waals surface area contributed by atoms with Crippen LogP contribution in [-0.4, -0.2) is 12.5 Å². The van der Waals surface area contributed by atoms with Crippen LogP contribution in [0.2, 0.25) is 0 Å². The molecule has 100 valence electrons. The molecule has 3 atom stereocenters. The van der Waals surface area contributed by atoms with E-state index < -0.39 is 0 Å². The lowest BCUT2D eigenvalue weighted by Crippen LogP contribution is -2.36. The zero-order valence-electron chi connectivity index (χ0n) is 11.0. The summed E-state index contributed by atoms with van der Waals surface area (Å²) in [4.78, 5) is 12.3. The van der Waals surface area contributed by atoms with Crippen LogP contribution >= 0.6 is 0 Å². The van der Waals surface area contributed by atoms with Crippen LogP contribution in [0.1, 0.15) is 37.3 Å². The van der Waals surface area contributed by atoms with E-state index in [9.17, 15) is 4.79 Å². The van der Waals surface area contributed by atoms with Gasteiger partial charge in [0.1, 0.15) is 5.75 Å². The highest BCUT2D eigenvalue weighted by atomic mass is 16.5. The second-order valence-electron chi connectivity index (χ2n) is 6.16. The zero-order valence-corrected chi connectivity index (χ0v) is 11.0. The normalized spacial score (nSPS) is 34.9. The largest absolute Gasteiger partial charge is 0.493 e. The molecule has 2 fully saturated rings. The lowest BCUT2D eigenvalue weighted by atomic mass is 9.98. The highest BCUT2D eigenvalue weighted by Gasteiger charge is 2.48. The number of carbonyl (C=O) groups excluding carboxylic acids is 1. The average Bonchev–Trinajstić information content (AvgIpc) is 3.05. The number of rotatable bonds is 2. The van der Waals surface area contributed by atoms with Gasteiger partial charge in [0.05, 0.1) is 12.6 Å². The van der Waals surface area contributed by atoms with Crippen LogP contribution in [0.25, 0.3) is 0 Å². The summed E-state index contributed by atoms with van der Waals surface area (Å²) in [6.45, 7) is 0.692. The quantitative estimate of drug-likeness (QED) is 0.884. The van der Waals surface area contributed by atoms with Gasteiger partial charge in [-0.1, -0.05) is 18.2 Å². The van der Waals surface area contributed by atoms with Crippen molar-refractivity contribution in [2.24, 2.45) is 17.8 Å². The van der Waals surface area contributed by atoms with Crippen LogP contribution in [0.4, 0.5) is 0 Å². The molecule has 3 unspecified atom stereocenters. The Bertz CT molecular complexity index is 503. The zero-order chi connectivity index (χ0) is 12.8. The predicted molar refractivity (Wildman–Crippen MR) is 71.8 cm³/mol. The standard InChI is InChI=1S/C16H19NO2/c18-16(12-8-10-7-11(10)9-12)17-14-5-6-19-15-4-2-1-3-13(14)15/h1-4,10-12,14H,5-9H2,(H,17,18). The van der Waals surface area contributed by atoms with Gasteiger partial charge in [-0.15, -0.1) is 0 Å². The van der Waals surface area contributed by atoms with Crippen molar-refractivity contribution >= 4 is 5.91 Å². The highest BCUT2D eigenvalue weighted by Crippen LogP contribution is 2.54. The van der Waals surface area contributed by atoms with Crippen molar-refractivity contribution in [3.8, 4) is 5.75 Å². The topological polar surface area (TPSA) is 38.3 Å². The number of amides is 1. The molecule has 0 radical (unpaired) electrons. The highest BCUT2D eigenvalue weighted by molar-refractivity contribution is 5.79. The molecule has 1 heterocycles. The molecule has 0 bridgehead atoms. The maximum absolute atomic E-state index is 12.3. The molecule has 3 aliphatic rings. The van der Waals surface area contributed by atoms with Gasteiger partial charge in [-0.2, -0.15) is 0 Å². The molecule has 1 amide bonds. The minimum Gasteiger partial charge on any atom is -0.493 e. The van der Waals surface area contributed by atoms with Gasteiger partial charge in [-0.3, -0.25) is 4.79 Å². The summed E-state index contributed by atoms with van der Waals surface area (Å²) in [5.41, 5.74) is 1.13. The molecular weight excluding hydrogens is 238 g/mol. The minimum atomic E-state index is 0.134. The van der Waals surface area contributed by atoms with Gasteiger partial charge in [0.2, 0.25) is 5.91 Å². The van der Waals surface area contributed by atoms with Crippen molar-refractivity contribution in [3.63, 3.8) is 0 Å². The molecule has 2 saturated carbocycles. The van der Waals surface area contributed by atoms with Crippen molar-refractivity contribution in [1.29, 1.82) is 0 Å². The summed E-state index contributed by atoms with van der Waals surface area (Å²) in [5, 5.41) is 3.24. The summed E-state index contributed by atoms with van der Waals surface area (Å²) in [6.07, 6.45) is 4.47. The van der Waals surface area contributed by atoms with Crippen LogP contribution in [0.3, 0.4) is 0 Å². The summed E-state index contributed by atoms with van der Waals surface area (Å²) in [7, 11) is 0. The number of fused-ring (bicyclic) bond motifs is 2. The number of para-hydroxylation sites is 1. The van der Waals surface area contributed by atoms with Gasteiger partial charge in [0.15, 0.2) is 0 Å². The van der Waals surface area contributed by atoms with E-state index in [-0.39, 0.29) is 17.9 Å². The molecule has 0 saturated heterocycles. The third-order valence-corrected chi connectivity index (χ3v) is 4.89. The van der Waals surface area contributed by atoms with Crippen molar-refractivity contribution in [2.45, 2.75) is 31.7 Å². The van der Waals surface area contributed by atoms with E-state index in [1.165, 1.54) is 6.42 Å². The van der Waals surface area contributed by atoms with Crippen LogP contribution in [-0.2, 0) is 4.79 Å². The number of hydrogen-bond donors (Lipinski definition) is 1. The lowest BCUT2D eigenvalue weighted by Gasteiger charge is -2.27. The van der Waals surface area contributed by atoms with E-state index in [0.29, 0.717) is 6.61 Å². The maximum atomic E-state index is 12.3. The average molecular weight is 257 g/mol. The first-order valence-electron chi connectivity index (χ1n) is 7.33. The van der Waals surface area contributed by atoms with Gasteiger partial charge >= 0.3 is 0 Å². The molecule has 0 spiro atoms. The summed E-state index contributed by atoms with van der Waals surface area (Å²) < 4.78 is 5.63. The Morgan fingerprint density at radius 1 is 1.16 bits per heavy atom. The Morgan fingerprint density at radius 2 is 1.95 bits per heavy atom. The van der Waals surface area contributed by atoms with E-state index in [4.69, 9.17) is 4.74 Å². The fourth-order valence-electron chi connectivity index (χ4n) is 3.71.